The monoisotopic (exact) mass is 201 g/mol. The van der Waals surface area contributed by atoms with E-state index in [1.165, 1.54) is 25.7 Å². The van der Waals surface area contributed by atoms with Gasteiger partial charge in [0.1, 0.15) is 0 Å². The van der Waals surface area contributed by atoms with Crippen LogP contribution in [-0.2, 0) is 4.79 Å². The Morgan fingerprint density at radius 2 is 2.00 bits per heavy atom. The van der Waals surface area contributed by atoms with Gasteiger partial charge in [0, 0.05) is 6.54 Å². The predicted molar refractivity (Wildman–Crippen MR) is 58.4 cm³/mol. The molecule has 0 amide bonds. The minimum atomic E-state index is -0.703. The fourth-order valence-corrected chi connectivity index (χ4v) is 1.45. The van der Waals surface area contributed by atoms with E-state index in [0.717, 1.165) is 6.54 Å². The lowest BCUT2D eigenvalue weighted by molar-refractivity contribution is -0.141. The molecule has 0 radical (unpaired) electrons. The molecule has 0 saturated carbocycles. The first-order chi connectivity index (χ1) is 6.57. The second-order valence-electron chi connectivity index (χ2n) is 4.06. The Labute approximate surface area is 87.1 Å². The average Bonchev–Trinajstić information content (AvgIpc) is 2.12. The molecule has 0 aliphatic carbocycles. The minimum Gasteiger partial charge on any atom is -0.481 e. The van der Waals surface area contributed by atoms with Crippen LogP contribution in [0.25, 0.3) is 0 Å². The molecule has 0 spiro atoms. The summed E-state index contributed by atoms with van der Waals surface area (Å²) in [6.45, 7) is 5.61. The fourth-order valence-electron chi connectivity index (χ4n) is 1.45. The van der Waals surface area contributed by atoms with Crippen LogP contribution in [0.5, 0.6) is 0 Å². The summed E-state index contributed by atoms with van der Waals surface area (Å²) in [6.07, 6.45) is 4.95. The molecule has 0 aromatic heterocycles. The van der Waals surface area contributed by atoms with E-state index in [2.05, 4.69) is 11.8 Å². The van der Waals surface area contributed by atoms with E-state index in [9.17, 15) is 4.79 Å². The van der Waals surface area contributed by atoms with Gasteiger partial charge in [0.25, 0.3) is 0 Å². The molecule has 0 heterocycles. The first-order valence-corrected chi connectivity index (χ1v) is 5.49. The maximum absolute atomic E-state index is 10.6. The van der Waals surface area contributed by atoms with E-state index in [-0.39, 0.29) is 5.92 Å². The average molecular weight is 201 g/mol. The second kappa shape index (κ2) is 7.80. The number of rotatable bonds is 8. The lowest BCUT2D eigenvalue weighted by Crippen LogP contribution is -2.29. The third-order valence-corrected chi connectivity index (χ3v) is 2.40. The van der Waals surface area contributed by atoms with Gasteiger partial charge in [0.05, 0.1) is 5.92 Å². The Morgan fingerprint density at radius 1 is 1.36 bits per heavy atom. The number of hydrogen-bond acceptors (Lipinski definition) is 2. The zero-order chi connectivity index (χ0) is 11.0. The molecule has 0 aliphatic heterocycles. The fraction of sp³-hybridized carbons (Fsp3) is 0.909. The molecular formula is C11H23NO2. The number of carboxylic acid groups (broad SMARTS) is 1. The van der Waals surface area contributed by atoms with Crippen molar-refractivity contribution in [3.05, 3.63) is 0 Å². The summed E-state index contributed by atoms with van der Waals surface area (Å²) in [5, 5.41) is 8.71. The van der Waals surface area contributed by atoms with E-state index in [1.807, 2.05) is 7.05 Å². The predicted octanol–water partition coefficient (Wildman–Crippen LogP) is 2.22. The molecule has 0 rings (SSSR count). The van der Waals surface area contributed by atoms with Crippen molar-refractivity contribution >= 4 is 5.97 Å². The molecule has 3 heteroatoms. The Morgan fingerprint density at radius 3 is 2.50 bits per heavy atom. The zero-order valence-electron chi connectivity index (χ0n) is 9.62. The van der Waals surface area contributed by atoms with Crippen LogP contribution in [0.2, 0.25) is 0 Å². The molecule has 0 aromatic rings. The van der Waals surface area contributed by atoms with Gasteiger partial charge in [-0.3, -0.25) is 4.79 Å². The first-order valence-electron chi connectivity index (χ1n) is 5.49. The molecule has 0 aliphatic rings. The summed E-state index contributed by atoms with van der Waals surface area (Å²) in [6, 6.07) is 0. The molecule has 1 N–H and O–H groups in total. The Kier molecular flexibility index (Phi) is 7.48. The second-order valence-corrected chi connectivity index (χ2v) is 4.06. The third kappa shape index (κ3) is 6.89. The van der Waals surface area contributed by atoms with Gasteiger partial charge >= 0.3 is 5.97 Å². The Bertz CT molecular complexity index is 159. The third-order valence-electron chi connectivity index (χ3n) is 2.40. The first kappa shape index (κ1) is 13.4. The largest absolute Gasteiger partial charge is 0.481 e. The number of aliphatic carboxylic acids is 1. The zero-order valence-corrected chi connectivity index (χ0v) is 9.62. The van der Waals surface area contributed by atoms with Crippen molar-refractivity contribution in [2.24, 2.45) is 5.92 Å². The van der Waals surface area contributed by atoms with Crippen molar-refractivity contribution in [1.82, 2.24) is 4.90 Å². The molecule has 3 nitrogen and oxygen atoms in total. The highest BCUT2D eigenvalue weighted by molar-refractivity contribution is 5.69. The lowest BCUT2D eigenvalue weighted by Gasteiger charge is -2.18. The normalized spacial score (nSPS) is 13.1. The summed E-state index contributed by atoms with van der Waals surface area (Å²) >= 11 is 0. The Balaban J connectivity index is 3.45. The van der Waals surface area contributed by atoms with Gasteiger partial charge in [-0.05, 0) is 20.0 Å². The van der Waals surface area contributed by atoms with Crippen LogP contribution in [0.1, 0.15) is 39.5 Å². The number of hydrogen-bond donors (Lipinski definition) is 1. The number of unbranched alkanes of at least 4 members (excludes halogenated alkanes) is 3. The van der Waals surface area contributed by atoms with E-state index >= 15 is 0 Å². The van der Waals surface area contributed by atoms with Crippen molar-refractivity contribution in [3.63, 3.8) is 0 Å². The van der Waals surface area contributed by atoms with Crippen LogP contribution in [-0.4, -0.2) is 36.1 Å². The number of carboxylic acids is 1. The van der Waals surface area contributed by atoms with Crippen LogP contribution in [0.4, 0.5) is 0 Å². The van der Waals surface area contributed by atoms with E-state index in [1.54, 1.807) is 6.92 Å². The van der Waals surface area contributed by atoms with Crippen LogP contribution >= 0.6 is 0 Å². The smallest absolute Gasteiger partial charge is 0.307 e. The number of nitrogens with zero attached hydrogens (tertiary/aromatic N) is 1. The summed E-state index contributed by atoms with van der Waals surface area (Å²) in [7, 11) is 1.99. The maximum atomic E-state index is 10.6. The van der Waals surface area contributed by atoms with Crippen molar-refractivity contribution in [2.75, 3.05) is 20.1 Å². The summed E-state index contributed by atoms with van der Waals surface area (Å²) in [5.74, 6) is -0.961. The van der Waals surface area contributed by atoms with E-state index < -0.39 is 5.97 Å². The van der Waals surface area contributed by atoms with Gasteiger partial charge in [0.2, 0.25) is 0 Å². The Hall–Kier alpha value is -0.570. The number of carbonyl (C=O) groups is 1. The van der Waals surface area contributed by atoms with Crippen LogP contribution in [0.15, 0.2) is 0 Å². The van der Waals surface area contributed by atoms with Crippen molar-refractivity contribution < 1.29 is 9.90 Å². The molecular weight excluding hydrogens is 178 g/mol. The van der Waals surface area contributed by atoms with Crippen molar-refractivity contribution in [2.45, 2.75) is 39.5 Å². The summed E-state index contributed by atoms with van der Waals surface area (Å²) in [5.41, 5.74) is 0. The molecule has 0 aromatic carbocycles. The lowest BCUT2D eigenvalue weighted by atomic mass is 10.1. The molecule has 0 bridgehead atoms. The molecule has 1 atom stereocenters. The summed E-state index contributed by atoms with van der Waals surface area (Å²) in [4.78, 5) is 12.7. The van der Waals surface area contributed by atoms with Crippen molar-refractivity contribution in [3.8, 4) is 0 Å². The van der Waals surface area contributed by atoms with Gasteiger partial charge in [-0.1, -0.05) is 33.1 Å². The van der Waals surface area contributed by atoms with Crippen LogP contribution in [0.3, 0.4) is 0 Å². The van der Waals surface area contributed by atoms with Crippen LogP contribution in [0, 0.1) is 5.92 Å². The van der Waals surface area contributed by atoms with Gasteiger partial charge in [-0.25, -0.2) is 0 Å². The topological polar surface area (TPSA) is 40.5 Å². The quantitative estimate of drug-likeness (QED) is 0.612. The molecule has 0 saturated heterocycles. The van der Waals surface area contributed by atoms with E-state index in [4.69, 9.17) is 5.11 Å². The van der Waals surface area contributed by atoms with Crippen LogP contribution < -0.4 is 0 Å². The molecule has 14 heavy (non-hydrogen) atoms. The molecule has 0 fully saturated rings. The highest BCUT2D eigenvalue weighted by Gasteiger charge is 2.12. The van der Waals surface area contributed by atoms with Gasteiger partial charge < -0.3 is 10.0 Å². The maximum Gasteiger partial charge on any atom is 0.307 e. The van der Waals surface area contributed by atoms with E-state index in [0.29, 0.717) is 6.54 Å². The molecule has 1 unspecified atom stereocenters. The minimum absolute atomic E-state index is 0.258. The van der Waals surface area contributed by atoms with Gasteiger partial charge in [-0.15, -0.1) is 0 Å². The van der Waals surface area contributed by atoms with Crippen molar-refractivity contribution in [1.29, 1.82) is 0 Å². The SMILES string of the molecule is CCCCCCN(C)CC(C)C(=O)O. The highest BCUT2D eigenvalue weighted by Crippen LogP contribution is 2.03. The highest BCUT2D eigenvalue weighted by atomic mass is 16.4. The standard InChI is InChI=1S/C11H23NO2/c1-4-5-6-7-8-12(3)9-10(2)11(13)14/h10H,4-9H2,1-3H3,(H,13,14). The van der Waals surface area contributed by atoms with Gasteiger partial charge in [-0.2, -0.15) is 0 Å². The van der Waals surface area contributed by atoms with Gasteiger partial charge in [0.15, 0.2) is 0 Å². The summed E-state index contributed by atoms with van der Waals surface area (Å²) < 4.78 is 0. The molecule has 84 valence electrons.